The number of rotatable bonds is 5. The van der Waals surface area contributed by atoms with Crippen molar-refractivity contribution in [3.63, 3.8) is 0 Å². The highest BCUT2D eigenvalue weighted by Gasteiger charge is 2.56. The monoisotopic (exact) mass is 515 g/mol. The Balaban J connectivity index is 1.50. The quantitative estimate of drug-likeness (QED) is 0.457. The van der Waals surface area contributed by atoms with E-state index in [1.807, 2.05) is 0 Å². The minimum atomic E-state index is -0.489. The Kier molecular flexibility index (Phi) is 6.09. The average molecular weight is 516 g/mol. The van der Waals surface area contributed by atoms with E-state index in [-0.39, 0.29) is 29.0 Å². The molecule has 3 unspecified atom stereocenters. The third-order valence-corrected chi connectivity index (χ3v) is 8.78. The molecule has 0 aliphatic heterocycles. The predicted molar refractivity (Wildman–Crippen MR) is 136 cm³/mol. The van der Waals surface area contributed by atoms with Crippen LogP contribution < -0.4 is 10.9 Å². The molecule has 3 aromatic rings. The summed E-state index contributed by atoms with van der Waals surface area (Å²) in [5.74, 6) is 0.702. The maximum Gasteiger partial charge on any atom is 0.284 e. The van der Waals surface area contributed by atoms with Gasteiger partial charge in [-0.1, -0.05) is 56.1 Å². The van der Waals surface area contributed by atoms with Crippen LogP contribution in [0.5, 0.6) is 0 Å². The molecule has 6 rings (SSSR count). The lowest BCUT2D eigenvalue weighted by atomic mass is 9.45. The average Bonchev–Trinajstić information content (AvgIpc) is 3.10. The van der Waals surface area contributed by atoms with Gasteiger partial charge in [0.25, 0.3) is 11.5 Å². The smallest absolute Gasteiger partial charge is 0.284 e. The maximum absolute atomic E-state index is 13.8. The van der Waals surface area contributed by atoms with Crippen LogP contribution in [0.2, 0.25) is 10.0 Å². The van der Waals surface area contributed by atoms with Gasteiger partial charge >= 0.3 is 0 Å². The van der Waals surface area contributed by atoms with Crippen molar-refractivity contribution in [2.24, 2.45) is 23.2 Å². The summed E-state index contributed by atoms with van der Waals surface area (Å²) in [5, 5.41) is 3.84. The molecule has 1 N–H and O–H groups in total. The Labute approximate surface area is 213 Å². The van der Waals surface area contributed by atoms with E-state index in [2.05, 4.69) is 26.1 Å². The lowest BCUT2D eigenvalue weighted by Gasteiger charge is -2.62. The molecule has 2 bridgehead atoms. The van der Waals surface area contributed by atoms with E-state index in [0.29, 0.717) is 39.4 Å². The van der Waals surface area contributed by atoms with Crippen molar-refractivity contribution in [2.75, 3.05) is 0 Å². The van der Waals surface area contributed by atoms with Crippen LogP contribution >= 0.6 is 23.2 Å². The van der Waals surface area contributed by atoms with Crippen LogP contribution in [-0.4, -0.2) is 21.3 Å². The van der Waals surface area contributed by atoms with Gasteiger partial charge in [0.15, 0.2) is 0 Å². The molecular formula is C27H28Cl2FN3O2. The minimum Gasteiger partial charge on any atom is -0.349 e. The largest absolute Gasteiger partial charge is 0.349 e. The van der Waals surface area contributed by atoms with Crippen molar-refractivity contribution in [3.05, 3.63) is 86.0 Å². The topological polar surface area (TPSA) is 56.0 Å². The van der Waals surface area contributed by atoms with Crippen molar-refractivity contribution in [1.29, 1.82) is 0 Å². The Hall–Kier alpha value is -2.57. The first-order chi connectivity index (χ1) is 16.6. The molecule has 3 aliphatic carbocycles. The lowest BCUT2D eigenvalue weighted by molar-refractivity contribution is -0.113. The van der Waals surface area contributed by atoms with Crippen LogP contribution in [0.15, 0.2) is 53.5 Å². The van der Waals surface area contributed by atoms with Gasteiger partial charge in [-0.3, -0.25) is 14.3 Å². The van der Waals surface area contributed by atoms with Gasteiger partial charge < -0.3 is 5.32 Å². The fourth-order valence-corrected chi connectivity index (χ4v) is 6.56. The highest BCUT2D eigenvalue weighted by molar-refractivity contribution is 6.35. The second kappa shape index (κ2) is 8.82. The first-order valence-corrected chi connectivity index (χ1v) is 12.6. The number of halogens is 3. The molecule has 3 aliphatic rings. The molecule has 0 saturated heterocycles. The Morgan fingerprint density at radius 2 is 1.94 bits per heavy atom. The van der Waals surface area contributed by atoms with Gasteiger partial charge in [0, 0.05) is 17.3 Å². The number of aromatic nitrogens is 2. The van der Waals surface area contributed by atoms with Crippen LogP contribution in [0.25, 0.3) is 5.69 Å². The molecule has 0 spiro atoms. The summed E-state index contributed by atoms with van der Waals surface area (Å²) in [6, 6.07) is 11.0. The van der Waals surface area contributed by atoms with Crippen LogP contribution in [0.1, 0.15) is 49.5 Å². The van der Waals surface area contributed by atoms with E-state index in [1.165, 1.54) is 29.4 Å². The van der Waals surface area contributed by atoms with Crippen molar-refractivity contribution in [2.45, 2.75) is 46.2 Å². The molecule has 4 atom stereocenters. The van der Waals surface area contributed by atoms with Gasteiger partial charge in [0.05, 0.1) is 17.3 Å². The fourth-order valence-electron chi connectivity index (χ4n) is 6.07. The number of fused-ring (bicyclic) bond motifs is 2. The van der Waals surface area contributed by atoms with E-state index >= 15 is 0 Å². The second-order valence-corrected chi connectivity index (χ2v) is 11.4. The zero-order valence-electron chi connectivity index (χ0n) is 19.9. The number of amides is 1. The molecule has 3 saturated carbocycles. The summed E-state index contributed by atoms with van der Waals surface area (Å²) >= 11 is 12.5. The highest BCUT2D eigenvalue weighted by Crippen LogP contribution is 2.61. The highest BCUT2D eigenvalue weighted by atomic mass is 35.5. The molecule has 3 fully saturated rings. The van der Waals surface area contributed by atoms with Crippen molar-refractivity contribution in [1.82, 2.24) is 14.7 Å². The molecule has 5 nitrogen and oxygen atoms in total. The van der Waals surface area contributed by atoms with E-state index in [4.69, 9.17) is 23.2 Å². The SMILES string of the molecule is C[C@H]1C(NC(=O)c2cn(Cc3cccc(F)c3)n(-c3ccc(Cl)cc3Cl)c2=O)CC2CC1C2(C)C. The molecular weight excluding hydrogens is 488 g/mol. The first kappa shape index (κ1) is 24.1. The van der Waals surface area contributed by atoms with Crippen molar-refractivity contribution < 1.29 is 9.18 Å². The van der Waals surface area contributed by atoms with Crippen molar-refractivity contribution >= 4 is 29.1 Å². The van der Waals surface area contributed by atoms with Gasteiger partial charge in [-0.15, -0.1) is 0 Å². The van der Waals surface area contributed by atoms with E-state index < -0.39 is 11.5 Å². The molecule has 1 aromatic heterocycles. The summed E-state index contributed by atoms with van der Waals surface area (Å²) in [6.45, 7) is 6.98. The Bertz CT molecular complexity index is 1360. The molecule has 1 heterocycles. The van der Waals surface area contributed by atoms with Crippen LogP contribution in [0.4, 0.5) is 4.39 Å². The standard InChI is InChI=1S/C27H28Cl2FN3O2/c1-15-21-10-17(27(21,2)3)11-23(15)31-25(34)20-14-32(13-16-5-4-6-19(30)9-16)33(26(20)35)24-8-7-18(28)12-22(24)29/h4-9,12,14-15,17,21,23H,10-11,13H2,1-3H3,(H,31,34)/t15-,17?,21?,23?/m1/s1. The van der Waals surface area contributed by atoms with Crippen LogP contribution in [0, 0.1) is 29.0 Å². The van der Waals surface area contributed by atoms with Gasteiger partial charge in [-0.2, -0.15) is 0 Å². The van der Waals surface area contributed by atoms with E-state index in [0.717, 1.165) is 6.42 Å². The normalized spacial score (nSPS) is 24.6. The van der Waals surface area contributed by atoms with Gasteiger partial charge in [-0.25, -0.2) is 9.07 Å². The second-order valence-electron chi connectivity index (χ2n) is 10.5. The summed E-state index contributed by atoms with van der Waals surface area (Å²) < 4.78 is 16.8. The number of carbonyl (C=O) groups is 1. The Morgan fingerprint density at radius 3 is 2.60 bits per heavy atom. The molecule has 8 heteroatoms. The number of nitrogens with one attached hydrogen (secondary N) is 1. The van der Waals surface area contributed by atoms with Crippen LogP contribution in [-0.2, 0) is 6.54 Å². The summed E-state index contributed by atoms with van der Waals surface area (Å²) in [4.78, 5) is 26.9. The number of carbonyl (C=O) groups excluding carboxylic acids is 1. The molecule has 35 heavy (non-hydrogen) atoms. The van der Waals surface area contributed by atoms with Gasteiger partial charge in [0.1, 0.15) is 11.4 Å². The Morgan fingerprint density at radius 1 is 1.17 bits per heavy atom. The van der Waals surface area contributed by atoms with Gasteiger partial charge in [0.2, 0.25) is 0 Å². The molecule has 184 valence electrons. The zero-order valence-corrected chi connectivity index (χ0v) is 21.4. The maximum atomic E-state index is 13.8. The fraction of sp³-hybridized carbons (Fsp3) is 0.407. The number of hydrogen-bond acceptors (Lipinski definition) is 2. The number of nitrogens with zero attached hydrogens (tertiary/aromatic N) is 2. The third kappa shape index (κ3) is 4.21. The first-order valence-electron chi connectivity index (χ1n) is 11.9. The minimum absolute atomic E-state index is 0.0258. The van der Waals surface area contributed by atoms with Gasteiger partial charge in [-0.05, 0) is 71.9 Å². The van der Waals surface area contributed by atoms with Crippen LogP contribution in [0.3, 0.4) is 0 Å². The summed E-state index contributed by atoms with van der Waals surface area (Å²) in [5.41, 5.74) is 0.877. The van der Waals surface area contributed by atoms with E-state index in [1.54, 1.807) is 35.0 Å². The summed E-state index contributed by atoms with van der Waals surface area (Å²) in [7, 11) is 0. The zero-order chi connectivity index (χ0) is 25.1. The molecule has 1 amide bonds. The summed E-state index contributed by atoms with van der Waals surface area (Å²) in [6.07, 6.45) is 3.63. The molecule has 0 radical (unpaired) electrons. The van der Waals surface area contributed by atoms with Crippen molar-refractivity contribution in [3.8, 4) is 5.69 Å². The van der Waals surface area contributed by atoms with E-state index in [9.17, 15) is 14.0 Å². The molecule has 2 aromatic carbocycles. The number of hydrogen-bond donors (Lipinski definition) is 1. The number of benzene rings is 2. The predicted octanol–water partition coefficient (Wildman–Crippen LogP) is 5.93. The third-order valence-electron chi connectivity index (χ3n) is 8.24. The lowest BCUT2D eigenvalue weighted by Crippen LogP contribution is -2.60.